The molecule has 1 aromatic carbocycles. The molecule has 1 amide bonds. The normalized spacial score (nSPS) is 29.6. The van der Waals surface area contributed by atoms with E-state index in [9.17, 15) is 9.90 Å². The minimum atomic E-state index is -0.991. The molecule has 0 aliphatic carbocycles. The first-order chi connectivity index (χ1) is 13.4. The summed E-state index contributed by atoms with van der Waals surface area (Å²) in [6.07, 6.45) is 3.59. The third kappa shape index (κ3) is 3.83. The molecule has 0 bridgehead atoms. The van der Waals surface area contributed by atoms with E-state index in [2.05, 4.69) is 17.1 Å². The Kier molecular flexibility index (Phi) is 5.49. The summed E-state index contributed by atoms with van der Waals surface area (Å²) in [6, 6.07) is 5.29. The number of ether oxygens (including phenoxy) is 2. The smallest absolute Gasteiger partial charge is 0.252 e. The number of hydrogen-bond donors (Lipinski definition) is 2. The van der Waals surface area contributed by atoms with E-state index in [1.165, 1.54) is 0 Å². The van der Waals surface area contributed by atoms with Crippen molar-refractivity contribution in [3.8, 4) is 0 Å². The Labute approximate surface area is 167 Å². The van der Waals surface area contributed by atoms with Crippen LogP contribution >= 0.6 is 0 Å². The molecule has 2 atom stereocenters. The van der Waals surface area contributed by atoms with Crippen molar-refractivity contribution in [1.29, 1.82) is 0 Å². The molecule has 2 N–H and O–H groups in total. The fourth-order valence-electron chi connectivity index (χ4n) is 4.94. The third-order valence-corrected chi connectivity index (χ3v) is 6.62. The molecule has 2 fully saturated rings. The molecule has 1 spiro atoms. The molecule has 0 unspecified atom stereocenters. The van der Waals surface area contributed by atoms with Crippen LogP contribution in [0, 0.1) is 0 Å². The predicted octanol–water partition coefficient (Wildman–Crippen LogP) is 2.23. The Balaban J connectivity index is 1.41. The SMILES string of the molecule is CCCN1CCC2(CC1)C[C@](C)(O)[C@@H](NC(=O)c1cccc3c1COC3)CO2. The summed E-state index contributed by atoms with van der Waals surface area (Å²) in [5, 5.41) is 14.2. The van der Waals surface area contributed by atoms with Gasteiger partial charge in [0.2, 0.25) is 0 Å². The van der Waals surface area contributed by atoms with Crippen LogP contribution in [0.3, 0.4) is 0 Å². The van der Waals surface area contributed by atoms with Gasteiger partial charge in [0.1, 0.15) is 0 Å². The van der Waals surface area contributed by atoms with Crippen molar-refractivity contribution in [3.63, 3.8) is 0 Å². The molecule has 0 aromatic heterocycles. The standard InChI is InChI=1S/C22H32N2O4/c1-3-9-24-10-7-22(8-11-24)15-21(2,26)19(14-28-22)23-20(25)17-6-4-5-16-12-27-13-18(16)17/h4-6,19,26H,3,7-15H2,1-2H3,(H,23,25)/t19-,21-/m0/s1. The Morgan fingerprint density at radius 2 is 2.11 bits per heavy atom. The van der Waals surface area contributed by atoms with Gasteiger partial charge in [0.05, 0.1) is 37.1 Å². The van der Waals surface area contributed by atoms with Crippen LogP contribution in [0.2, 0.25) is 0 Å². The van der Waals surface area contributed by atoms with Crippen LogP contribution in [-0.4, -0.2) is 59.4 Å². The second-order valence-corrected chi connectivity index (χ2v) is 8.83. The van der Waals surface area contributed by atoms with Gasteiger partial charge >= 0.3 is 0 Å². The van der Waals surface area contributed by atoms with Gasteiger partial charge in [-0.1, -0.05) is 19.1 Å². The number of piperidine rings is 1. The molecule has 3 aliphatic rings. The van der Waals surface area contributed by atoms with Crippen LogP contribution < -0.4 is 5.32 Å². The average Bonchev–Trinajstić information content (AvgIpc) is 3.15. The number of rotatable bonds is 4. The summed E-state index contributed by atoms with van der Waals surface area (Å²) in [4.78, 5) is 15.4. The number of carbonyl (C=O) groups is 1. The second kappa shape index (κ2) is 7.75. The topological polar surface area (TPSA) is 71.0 Å². The number of likely N-dealkylation sites (tertiary alicyclic amines) is 1. The highest BCUT2D eigenvalue weighted by Gasteiger charge is 2.49. The lowest BCUT2D eigenvalue weighted by atomic mass is 9.75. The number of aliphatic hydroxyl groups is 1. The van der Waals surface area contributed by atoms with Gasteiger partial charge in [0, 0.05) is 25.1 Å². The first-order valence-corrected chi connectivity index (χ1v) is 10.5. The summed E-state index contributed by atoms with van der Waals surface area (Å²) in [7, 11) is 0. The Hall–Kier alpha value is -1.47. The fourth-order valence-corrected chi connectivity index (χ4v) is 4.94. The fraction of sp³-hybridized carbons (Fsp3) is 0.682. The van der Waals surface area contributed by atoms with Crippen LogP contribution in [0.25, 0.3) is 0 Å². The van der Waals surface area contributed by atoms with Crippen LogP contribution in [-0.2, 0) is 22.7 Å². The lowest BCUT2D eigenvalue weighted by molar-refractivity contribution is -0.186. The highest BCUT2D eigenvalue weighted by molar-refractivity contribution is 5.96. The number of fused-ring (bicyclic) bond motifs is 1. The van der Waals surface area contributed by atoms with Gasteiger partial charge in [-0.25, -0.2) is 0 Å². The summed E-state index contributed by atoms with van der Waals surface area (Å²) < 4.78 is 11.8. The van der Waals surface area contributed by atoms with Crippen LogP contribution in [0.1, 0.15) is 61.0 Å². The van der Waals surface area contributed by atoms with Gasteiger partial charge in [-0.05, 0) is 49.9 Å². The van der Waals surface area contributed by atoms with E-state index < -0.39 is 11.6 Å². The predicted molar refractivity (Wildman–Crippen MR) is 106 cm³/mol. The summed E-state index contributed by atoms with van der Waals surface area (Å²) in [6.45, 7) is 8.54. The van der Waals surface area contributed by atoms with Gasteiger partial charge in [-0.2, -0.15) is 0 Å². The minimum absolute atomic E-state index is 0.162. The van der Waals surface area contributed by atoms with Gasteiger partial charge in [0.25, 0.3) is 5.91 Å². The van der Waals surface area contributed by atoms with Crippen LogP contribution in [0.5, 0.6) is 0 Å². The Morgan fingerprint density at radius 3 is 2.82 bits per heavy atom. The van der Waals surface area contributed by atoms with Crippen LogP contribution in [0.15, 0.2) is 18.2 Å². The zero-order chi connectivity index (χ0) is 19.8. The number of carbonyl (C=O) groups excluding carboxylic acids is 1. The maximum absolute atomic E-state index is 12.9. The average molecular weight is 389 g/mol. The van der Waals surface area contributed by atoms with E-state index in [0.717, 1.165) is 50.0 Å². The second-order valence-electron chi connectivity index (χ2n) is 8.83. The van der Waals surface area contributed by atoms with Gasteiger partial charge in [-0.15, -0.1) is 0 Å². The molecule has 2 saturated heterocycles. The third-order valence-electron chi connectivity index (χ3n) is 6.62. The molecule has 6 nitrogen and oxygen atoms in total. The highest BCUT2D eigenvalue weighted by Crippen LogP contribution is 2.39. The van der Waals surface area contributed by atoms with Crippen molar-refractivity contribution < 1.29 is 19.4 Å². The van der Waals surface area contributed by atoms with E-state index >= 15 is 0 Å². The Bertz CT molecular complexity index is 725. The van der Waals surface area contributed by atoms with Crippen molar-refractivity contribution in [2.24, 2.45) is 0 Å². The van der Waals surface area contributed by atoms with Gasteiger partial charge < -0.3 is 24.8 Å². The monoisotopic (exact) mass is 388 g/mol. The van der Waals surface area contributed by atoms with Crippen molar-refractivity contribution in [2.75, 3.05) is 26.2 Å². The maximum Gasteiger partial charge on any atom is 0.252 e. The zero-order valence-electron chi connectivity index (χ0n) is 17.0. The van der Waals surface area contributed by atoms with Crippen molar-refractivity contribution in [2.45, 2.75) is 70.0 Å². The molecule has 0 saturated carbocycles. The zero-order valence-corrected chi connectivity index (χ0v) is 17.0. The molecular weight excluding hydrogens is 356 g/mol. The lowest BCUT2D eigenvalue weighted by Crippen LogP contribution is -2.64. The van der Waals surface area contributed by atoms with Crippen LogP contribution in [0.4, 0.5) is 0 Å². The van der Waals surface area contributed by atoms with E-state index in [0.29, 0.717) is 31.8 Å². The number of benzene rings is 1. The summed E-state index contributed by atoms with van der Waals surface area (Å²) in [5.41, 5.74) is 1.40. The van der Waals surface area contributed by atoms with Gasteiger partial charge in [-0.3, -0.25) is 4.79 Å². The van der Waals surface area contributed by atoms with Crippen molar-refractivity contribution >= 4 is 5.91 Å². The molecule has 1 aromatic rings. The largest absolute Gasteiger partial charge is 0.388 e. The van der Waals surface area contributed by atoms with E-state index in [4.69, 9.17) is 9.47 Å². The number of nitrogens with zero attached hydrogens (tertiary/aromatic N) is 1. The quantitative estimate of drug-likeness (QED) is 0.828. The Morgan fingerprint density at radius 1 is 1.32 bits per heavy atom. The van der Waals surface area contributed by atoms with Crippen molar-refractivity contribution in [3.05, 3.63) is 34.9 Å². The molecule has 154 valence electrons. The molecule has 3 aliphatic heterocycles. The first kappa shape index (κ1) is 19.8. The lowest BCUT2D eigenvalue weighted by Gasteiger charge is -2.51. The van der Waals surface area contributed by atoms with Gasteiger partial charge in [0.15, 0.2) is 0 Å². The molecule has 6 heteroatoms. The van der Waals surface area contributed by atoms with E-state index in [-0.39, 0.29) is 11.5 Å². The molecule has 28 heavy (non-hydrogen) atoms. The number of nitrogens with one attached hydrogen (secondary N) is 1. The van der Waals surface area contributed by atoms with Crippen molar-refractivity contribution in [1.82, 2.24) is 10.2 Å². The number of amides is 1. The summed E-state index contributed by atoms with van der Waals surface area (Å²) in [5.74, 6) is -0.162. The molecule has 0 radical (unpaired) electrons. The first-order valence-electron chi connectivity index (χ1n) is 10.5. The van der Waals surface area contributed by atoms with E-state index in [1.54, 1.807) is 0 Å². The molecule has 4 rings (SSSR count). The molecular formula is C22H32N2O4. The highest BCUT2D eigenvalue weighted by atomic mass is 16.5. The molecule has 3 heterocycles. The number of hydrogen-bond acceptors (Lipinski definition) is 5. The maximum atomic E-state index is 12.9. The van der Waals surface area contributed by atoms with E-state index in [1.807, 2.05) is 25.1 Å². The summed E-state index contributed by atoms with van der Waals surface area (Å²) >= 11 is 0. The minimum Gasteiger partial charge on any atom is -0.388 e.